The summed E-state index contributed by atoms with van der Waals surface area (Å²) < 4.78 is 63.9. The van der Waals surface area contributed by atoms with E-state index in [1.165, 1.54) is 116 Å². The highest BCUT2D eigenvalue weighted by Crippen LogP contribution is 2.45. The normalized spacial score (nSPS) is 13.8. The van der Waals surface area contributed by atoms with Crippen molar-refractivity contribution in [2.75, 3.05) is 52.3 Å². The van der Waals surface area contributed by atoms with Crippen LogP contribution in [0.5, 0.6) is 0 Å². The molecule has 3 unspecified atom stereocenters. The van der Waals surface area contributed by atoms with Gasteiger partial charge in [-0.15, -0.1) is 0 Å². The molecule has 0 saturated heterocycles. The molecule has 0 aromatic heterocycles. The van der Waals surface area contributed by atoms with Crippen molar-refractivity contribution < 1.29 is 80.5 Å². The molecule has 0 saturated carbocycles. The number of unbranched alkanes of at least 4 members (excludes halogenated alkanes) is 37. The van der Waals surface area contributed by atoms with Crippen molar-refractivity contribution in [1.82, 2.24) is 5.32 Å². The van der Waals surface area contributed by atoms with E-state index in [0.29, 0.717) is 64.5 Å². The zero-order valence-corrected chi connectivity index (χ0v) is 64.0. The SMILES string of the molecule is CCCCCCCC/C=C\CCCCCCCC(=O)OC[C@H](CCP(=O)(O)OCC(O)COP(=O)(O)OC[C@@H](COC(=O)CCCCCCCC(=O)NCCCN=[N+]=[N-])OC(=O)CCCCCCC/C=C\CCCCCCCC)OC(=O)CCCCCCC/C=C\CCCCCCCC. The summed E-state index contributed by atoms with van der Waals surface area (Å²) >= 11 is 0. The van der Waals surface area contributed by atoms with Crippen LogP contribution < -0.4 is 5.32 Å². The average molecular weight is 1440 g/mol. The largest absolute Gasteiger partial charge is 0.472 e. The maximum absolute atomic E-state index is 13.3. The molecule has 0 aliphatic rings. The smallest absolute Gasteiger partial charge is 0.462 e. The summed E-state index contributed by atoms with van der Waals surface area (Å²) in [6.07, 6.45) is 56.8. The molecule has 0 aromatic carbocycles. The van der Waals surface area contributed by atoms with Gasteiger partial charge in [-0.3, -0.25) is 37.6 Å². The highest BCUT2D eigenvalue weighted by atomic mass is 31.2. The van der Waals surface area contributed by atoms with Crippen LogP contribution in [0.15, 0.2) is 41.6 Å². The molecule has 0 aliphatic heterocycles. The number of amides is 1. The number of azide groups is 1. The molecular weight excluding hydrogens is 1300 g/mol. The minimum Gasteiger partial charge on any atom is -0.462 e. The number of hydrogen-bond acceptors (Lipinski definition) is 16. The van der Waals surface area contributed by atoms with Crippen molar-refractivity contribution in [3.63, 3.8) is 0 Å². The summed E-state index contributed by atoms with van der Waals surface area (Å²) in [7, 11) is -9.47. The van der Waals surface area contributed by atoms with E-state index >= 15 is 0 Å². The Morgan fingerprint density at radius 3 is 1.13 bits per heavy atom. The van der Waals surface area contributed by atoms with E-state index in [1.54, 1.807) is 0 Å². The number of nitrogens with one attached hydrogen (secondary N) is 1. The third-order valence-corrected chi connectivity index (χ3v) is 19.4. The molecule has 21 nitrogen and oxygen atoms in total. The molecule has 0 spiro atoms. The molecule has 99 heavy (non-hydrogen) atoms. The van der Waals surface area contributed by atoms with Crippen molar-refractivity contribution in [2.45, 2.75) is 367 Å². The number of esters is 4. The Morgan fingerprint density at radius 2 is 0.737 bits per heavy atom. The molecule has 0 aliphatic carbocycles. The first kappa shape index (κ1) is 95.1. The maximum atomic E-state index is 13.3. The van der Waals surface area contributed by atoms with Gasteiger partial charge in [0.1, 0.15) is 25.4 Å². The van der Waals surface area contributed by atoms with E-state index < -0.39 is 90.2 Å². The number of phosphoric ester groups is 1. The minimum absolute atomic E-state index is 0.0601. The van der Waals surface area contributed by atoms with Crippen LogP contribution in [0.2, 0.25) is 0 Å². The molecule has 5 atom stereocenters. The number of hydrogen-bond donors (Lipinski definition) is 4. The summed E-state index contributed by atoms with van der Waals surface area (Å²) in [4.78, 5) is 87.9. The lowest BCUT2D eigenvalue weighted by Gasteiger charge is -2.21. The lowest BCUT2D eigenvalue weighted by Crippen LogP contribution is -2.30. The van der Waals surface area contributed by atoms with Gasteiger partial charge in [-0.2, -0.15) is 0 Å². The zero-order valence-electron chi connectivity index (χ0n) is 62.2. The van der Waals surface area contributed by atoms with E-state index in [4.69, 9.17) is 38.0 Å². The number of carbonyl (C=O) groups excluding carboxylic acids is 5. The summed E-state index contributed by atoms with van der Waals surface area (Å²) in [5.74, 6) is -2.25. The van der Waals surface area contributed by atoms with Crippen LogP contribution >= 0.6 is 15.4 Å². The number of rotatable bonds is 75. The Balaban J connectivity index is 5.36. The first-order valence-electron chi connectivity index (χ1n) is 39.2. The third-order valence-electron chi connectivity index (χ3n) is 17.0. The first-order valence-corrected chi connectivity index (χ1v) is 42.5. The van der Waals surface area contributed by atoms with Crippen molar-refractivity contribution in [2.24, 2.45) is 5.11 Å². The zero-order chi connectivity index (χ0) is 72.7. The van der Waals surface area contributed by atoms with Gasteiger partial charge in [0, 0.05) is 50.1 Å². The van der Waals surface area contributed by atoms with E-state index in [1.807, 2.05) is 0 Å². The topological polar surface area (TPSA) is 306 Å². The van der Waals surface area contributed by atoms with Crippen LogP contribution in [0, 0.1) is 0 Å². The molecule has 0 rings (SSSR count). The summed E-state index contributed by atoms with van der Waals surface area (Å²) in [5, 5.41) is 16.9. The maximum Gasteiger partial charge on any atom is 0.472 e. The molecular formula is C76H140N4O17P2. The van der Waals surface area contributed by atoms with Gasteiger partial charge in [-0.1, -0.05) is 236 Å². The number of phosphoric acid groups is 1. The monoisotopic (exact) mass is 1440 g/mol. The Labute approximate surface area is 599 Å². The molecule has 0 fully saturated rings. The quantitative estimate of drug-likeness (QED) is 0.00643. The second kappa shape index (κ2) is 71.1. The van der Waals surface area contributed by atoms with Gasteiger partial charge in [0.05, 0.1) is 26.0 Å². The fourth-order valence-corrected chi connectivity index (χ4v) is 12.9. The number of ether oxygens (including phenoxy) is 4. The van der Waals surface area contributed by atoms with Gasteiger partial charge >= 0.3 is 39.3 Å². The third kappa shape index (κ3) is 70.9. The van der Waals surface area contributed by atoms with Crippen molar-refractivity contribution in [3.8, 4) is 0 Å². The van der Waals surface area contributed by atoms with Crippen LogP contribution in [0.25, 0.3) is 10.4 Å². The molecule has 0 bridgehead atoms. The van der Waals surface area contributed by atoms with Crippen molar-refractivity contribution >= 4 is 45.2 Å². The number of aliphatic hydroxyl groups excluding tert-OH is 1. The Bertz CT molecular complexity index is 2200. The lowest BCUT2D eigenvalue weighted by atomic mass is 10.1. The number of allylic oxidation sites excluding steroid dienone is 6. The molecule has 0 radical (unpaired) electrons. The second-order valence-electron chi connectivity index (χ2n) is 26.7. The van der Waals surface area contributed by atoms with Crippen LogP contribution in [0.3, 0.4) is 0 Å². The van der Waals surface area contributed by atoms with Gasteiger partial charge in [-0.05, 0) is 128 Å². The molecule has 4 N–H and O–H groups in total. The van der Waals surface area contributed by atoms with Gasteiger partial charge in [-0.25, -0.2) is 4.57 Å². The van der Waals surface area contributed by atoms with E-state index in [-0.39, 0.29) is 44.6 Å². The van der Waals surface area contributed by atoms with Gasteiger partial charge in [0.2, 0.25) is 5.91 Å². The van der Waals surface area contributed by atoms with Crippen LogP contribution in [0.1, 0.15) is 348 Å². The Kier molecular flexibility index (Phi) is 68.3. The van der Waals surface area contributed by atoms with E-state index in [9.17, 15) is 48.0 Å². The summed E-state index contributed by atoms with van der Waals surface area (Å²) in [6, 6.07) is 0. The van der Waals surface area contributed by atoms with Gasteiger partial charge in [0.15, 0.2) is 6.10 Å². The fraction of sp³-hybridized carbons (Fsp3) is 0.855. The number of nitrogens with zero attached hydrogens (tertiary/aromatic N) is 3. The fourth-order valence-electron chi connectivity index (χ4n) is 10.9. The molecule has 1 amide bonds. The minimum atomic E-state index is -4.98. The lowest BCUT2D eigenvalue weighted by molar-refractivity contribution is -0.161. The Hall–Kier alpha value is -3.90. The van der Waals surface area contributed by atoms with Crippen molar-refractivity contribution in [1.29, 1.82) is 0 Å². The van der Waals surface area contributed by atoms with Crippen LogP contribution in [-0.4, -0.2) is 115 Å². The summed E-state index contributed by atoms with van der Waals surface area (Å²) in [6.45, 7) is 4.25. The molecule has 576 valence electrons. The predicted molar refractivity (Wildman–Crippen MR) is 397 cm³/mol. The molecule has 0 heterocycles. The van der Waals surface area contributed by atoms with Crippen LogP contribution in [-0.2, 0) is 65.6 Å². The highest BCUT2D eigenvalue weighted by Gasteiger charge is 2.30. The molecule has 23 heteroatoms. The number of carbonyl (C=O) groups is 5. The average Bonchev–Trinajstić information content (AvgIpc) is 0.964. The van der Waals surface area contributed by atoms with Crippen LogP contribution in [0.4, 0.5) is 0 Å². The Morgan fingerprint density at radius 1 is 0.414 bits per heavy atom. The first-order chi connectivity index (χ1) is 48.1. The highest BCUT2D eigenvalue weighted by molar-refractivity contribution is 7.52. The standard InChI is InChI=1S/C76H140N4O17P2/c1-4-7-10-13-16-19-22-25-28-31-34-37-40-45-50-56-73(83)91-66-70(96-75(85)58-52-46-41-38-35-32-29-26-23-20-17-14-11-8-5-2)60-63-98(87,88)93-64-69(81)65-94-99(89,90)95-68-71(67-92-74(84)57-51-48-43-44-49-55-72(82)78-61-54-62-79-80-77)97-76(86)59-53-47-42-39-36-33-30-27-24-21-18-15-12-9-6-3/h25-30,69-71,81H,4-24,31-68H2,1-3H3,(H,78,82)(H,87,88)(H,89,90)/b28-25-,29-26-,30-27-/t69?,70-,71+/m0/s1. The number of aliphatic hydroxyl groups is 1. The predicted octanol–water partition coefficient (Wildman–Crippen LogP) is 20.6. The second-order valence-corrected chi connectivity index (χ2v) is 30.1. The summed E-state index contributed by atoms with van der Waals surface area (Å²) in [5.41, 5.74) is 8.37. The van der Waals surface area contributed by atoms with E-state index in [2.05, 4.69) is 72.6 Å². The van der Waals surface area contributed by atoms with E-state index in [0.717, 1.165) is 128 Å². The van der Waals surface area contributed by atoms with Gasteiger partial charge < -0.3 is 43.7 Å². The van der Waals surface area contributed by atoms with Crippen molar-refractivity contribution in [3.05, 3.63) is 46.9 Å². The molecule has 0 aromatic rings. The van der Waals surface area contributed by atoms with Gasteiger partial charge in [0.25, 0.3) is 0 Å².